The number of piperidine rings is 1. The van der Waals surface area contributed by atoms with E-state index in [1.165, 1.54) is 32.1 Å². The monoisotopic (exact) mass is 323 g/mol. The molecule has 0 aromatic rings. The number of unbranched alkanes of at least 4 members (excludes halogenated alkanes) is 5. The second kappa shape index (κ2) is 9.78. The van der Waals surface area contributed by atoms with E-state index in [9.17, 15) is 9.59 Å². The molecule has 0 bridgehead atoms. The second-order valence-electron chi connectivity index (χ2n) is 7.07. The Balaban J connectivity index is 1.58. The fourth-order valence-electron chi connectivity index (χ4n) is 3.13. The van der Waals surface area contributed by atoms with Crippen LogP contribution in [0.2, 0.25) is 0 Å². The fraction of sp³-hybridized carbons (Fsp3) is 0.889. The molecule has 1 saturated heterocycles. The third-order valence-corrected chi connectivity index (χ3v) is 4.81. The summed E-state index contributed by atoms with van der Waals surface area (Å²) in [7, 11) is 0. The Hall–Kier alpha value is -1.26. The van der Waals surface area contributed by atoms with E-state index < -0.39 is 0 Å². The summed E-state index contributed by atoms with van der Waals surface area (Å²) >= 11 is 0. The molecule has 5 heteroatoms. The van der Waals surface area contributed by atoms with Gasteiger partial charge in [-0.15, -0.1) is 0 Å². The summed E-state index contributed by atoms with van der Waals surface area (Å²) in [6, 6.07) is 0.394. The Morgan fingerprint density at radius 1 is 1.04 bits per heavy atom. The van der Waals surface area contributed by atoms with Gasteiger partial charge in [-0.3, -0.25) is 4.79 Å². The molecule has 0 aromatic heterocycles. The molecule has 1 saturated carbocycles. The highest BCUT2D eigenvalue weighted by molar-refractivity contribution is 5.81. The van der Waals surface area contributed by atoms with Crippen LogP contribution in [0.3, 0.4) is 0 Å². The third-order valence-electron chi connectivity index (χ3n) is 4.81. The first-order chi connectivity index (χ1) is 11.2. The summed E-state index contributed by atoms with van der Waals surface area (Å²) in [5.41, 5.74) is 0. The van der Waals surface area contributed by atoms with E-state index in [1.807, 2.05) is 4.90 Å². The largest absolute Gasteiger partial charge is 0.356 e. The van der Waals surface area contributed by atoms with Crippen LogP contribution >= 0.6 is 0 Å². The Morgan fingerprint density at radius 2 is 1.78 bits per heavy atom. The minimum Gasteiger partial charge on any atom is -0.356 e. The minimum atomic E-state index is -0.0335. The Kier molecular flexibility index (Phi) is 7.69. The quantitative estimate of drug-likeness (QED) is 0.641. The van der Waals surface area contributed by atoms with Crippen molar-refractivity contribution in [2.24, 2.45) is 5.92 Å². The van der Waals surface area contributed by atoms with Crippen LogP contribution in [0.1, 0.15) is 71.1 Å². The summed E-state index contributed by atoms with van der Waals surface area (Å²) in [6.07, 6.45) is 11.4. The number of hydrogen-bond acceptors (Lipinski definition) is 2. The number of carbonyl (C=O) groups is 2. The van der Waals surface area contributed by atoms with Crippen LogP contribution in [0.15, 0.2) is 0 Å². The van der Waals surface area contributed by atoms with Crippen molar-refractivity contribution in [1.29, 1.82) is 0 Å². The van der Waals surface area contributed by atoms with E-state index in [0.29, 0.717) is 12.6 Å². The minimum absolute atomic E-state index is 0.0147. The van der Waals surface area contributed by atoms with Gasteiger partial charge in [0.05, 0.1) is 5.92 Å². The van der Waals surface area contributed by atoms with Crippen LogP contribution in [-0.2, 0) is 4.79 Å². The molecule has 0 spiro atoms. The zero-order valence-corrected chi connectivity index (χ0v) is 14.6. The number of likely N-dealkylation sites (tertiary alicyclic amines) is 1. The highest BCUT2D eigenvalue weighted by atomic mass is 16.2. The average molecular weight is 323 g/mol. The zero-order chi connectivity index (χ0) is 16.5. The fourth-order valence-corrected chi connectivity index (χ4v) is 3.13. The smallest absolute Gasteiger partial charge is 0.317 e. The molecule has 1 heterocycles. The Bertz CT molecular complexity index is 382. The predicted molar refractivity (Wildman–Crippen MR) is 92.2 cm³/mol. The molecule has 1 aliphatic carbocycles. The van der Waals surface area contributed by atoms with Crippen LogP contribution in [-0.4, -0.2) is 42.5 Å². The summed E-state index contributed by atoms with van der Waals surface area (Å²) < 4.78 is 0. The number of hydrogen-bond donors (Lipinski definition) is 2. The maximum Gasteiger partial charge on any atom is 0.317 e. The third kappa shape index (κ3) is 6.80. The number of nitrogens with zero attached hydrogens (tertiary/aromatic N) is 1. The highest BCUT2D eigenvalue weighted by Crippen LogP contribution is 2.21. The molecular formula is C18H33N3O2. The van der Waals surface area contributed by atoms with Gasteiger partial charge < -0.3 is 15.5 Å². The van der Waals surface area contributed by atoms with E-state index in [0.717, 1.165) is 45.2 Å². The number of amides is 3. The van der Waals surface area contributed by atoms with Crippen molar-refractivity contribution in [2.45, 2.75) is 77.2 Å². The number of rotatable bonds is 9. The summed E-state index contributed by atoms with van der Waals surface area (Å²) in [5, 5.41) is 6.07. The lowest BCUT2D eigenvalue weighted by Crippen LogP contribution is -2.49. The Morgan fingerprint density at radius 3 is 2.52 bits per heavy atom. The normalized spacial score (nSPS) is 21.1. The van der Waals surface area contributed by atoms with Crippen LogP contribution in [0.5, 0.6) is 0 Å². The van der Waals surface area contributed by atoms with Gasteiger partial charge in [-0.1, -0.05) is 39.0 Å². The summed E-state index contributed by atoms with van der Waals surface area (Å²) in [5.74, 6) is 0.0938. The van der Waals surface area contributed by atoms with Gasteiger partial charge in [0, 0.05) is 25.7 Å². The Labute approximate surface area is 140 Å². The molecular weight excluding hydrogens is 290 g/mol. The van der Waals surface area contributed by atoms with Crippen molar-refractivity contribution in [3.8, 4) is 0 Å². The number of nitrogens with one attached hydrogen (secondary N) is 2. The molecule has 2 N–H and O–H groups in total. The van der Waals surface area contributed by atoms with E-state index in [1.54, 1.807) is 0 Å². The van der Waals surface area contributed by atoms with Crippen molar-refractivity contribution in [1.82, 2.24) is 15.5 Å². The first kappa shape index (κ1) is 18.1. The lowest BCUT2D eigenvalue weighted by Gasteiger charge is -2.32. The van der Waals surface area contributed by atoms with Gasteiger partial charge in [0.25, 0.3) is 0 Å². The van der Waals surface area contributed by atoms with Crippen LogP contribution in [0, 0.1) is 5.92 Å². The SMILES string of the molecule is CCCCCCCCNC(=O)C1CCCN(C(=O)NC2CC2)C1. The molecule has 3 amide bonds. The van der Waals surface area contributed by atoms with Gasteiger partial charge in [-0.05, 0) is 32.1 Å². The van der Waals surface area contributed by atoms with Crippen molar-refractivity contribution < 1.29 is 9.59 Å². The van der Waals surface area contributed by atoms with Gasteiger partial charge in [-0.25, -0.2) is 4.79 Å². The molecule has 1 atom stereocenters. The van der Waals surface area contributed by atoms with Gasteiger partial charge in [-0.2, -0.15) is 0 Å². The van der Waals surface area contributed by atoms with E-state index in [-0.39, 0.29) is 17.9 Å². The molecule has 0 aromatic carbocycles. The lowest BCUT2D eigenvalue weighted by molar-refractivity contribution is -0.126. The maximum atomic E-state index is 12.3. The van der Waals surface area contributed by atoms with Gasteiger partial charge in [0.1, 0.15) is 0 Å². The van der Waals surface area contributed by atoms with E-state index >= 15 is 0 Å². The molecule has 5 nitrogen and oxygen atoms in total. The maximum absolute atomic E-state index is 12.3. The predicted octanol–water partition coefficient (Wildman–Crippen LogP) is 3.05. The first-order valence-electron chi connectivity index (χ1n) is 9.54. The zero-order valence-electron chi connectivity index (χ0n) is 14.6. The van der Waals surface area contributed by atoms with Gasteiger partial charge >= 0.3 is 6.03 Å². The second-order valence-corrected chi connectivity index (χ2v) is 7.07. The first-order valence-corrected chi connectivity index (χ1v) is 9.54. The average Bonchev–Trinajstić information content (AvgIpc) is 3.38. The van der Waals surface area contributed by atoms with E-state index in [2.05, 4.69) is 17.6 Å². The topological polar surface area (TPSA) is 61.4 Å². The molecule has 2 aliphatic rings. The van der Waals surface area contributed by atoms with Crippen molar-refractivity contribution in [3.05, 3.63) is 0 Å². The standard InChI is InChI=1S/C18H33N3O2/c1-2-3-4-5-6-7-12-19-17(22)15-9-8-13-21(14-15)18(23)20-16-10-11-16/h15-16H,2-14H2,1H3,(H,19,22)(H,20,23). The summed E-state index contributed by atoms with van der Waals surface area (Å²) in [4.78, 5) is 26.2. The van der Waals surface area contributed by atoms with Crippen molar-refractivity contribution in [2.75, 3.05) is 19.6 Å². The van der Waals surface area contributed by atoms with E-state index in [4.69, 9.17) is 0 Å². The van der Waals surface area contributed by atoms with Crippen molar-refractivity contribution >= 4 is 11.9 Å². The number of carbonyl (C=O) groups excluding carboxylic acids is 2. The van der Waals surface area contributed by atoms with Crippen LogP contribution < -0.4 is 10.6 Å². The molecule has 0 radical (unpaired) electrons. The molecule has 2 fully saturated rings. The van der Waals surface area contributed by atoms with Crippen molar-refractivity contribution in [3.63, 3.8) is 0 Å². The molecule has 2 rings (SSSR count). The van der Waals surface area contributed by atoms with Crippen LogP contribution in [0.4, 0.5) is 4.79 Å². The van der Waals surface area contributed by atoms with Gasteiger partial charge in [0.15, 0.2) is 0 Å². The summed E-state index contributed by atoms with van der Waals surface area (Å²) in [6.45, 7) is 4.34. The molecule has 132 valence electrons. The number of urea groups is 1. The lowest BCUT2D eigenvalue weighted by atomic mass is 9.97. The van der Waals surface area contributed by atoms with Gasteiger partial charge in [0.2, 0.25) is 5.91 Å². The highest BCUT2D eigenvalue weighted by Gasteiger charge is 2.31. The molecule has 23 heavy (non-hydrogen) atoms. The molecule has 1 unspecified atom stereocenters. The van der Waals surface area contributed by atoms with Crippen LogP contribution in [0.25, 0.3) is 0 Å². The molecule has 1 aliphatic heterocycles.